The zero-order chi connectivity index (χ0) is 42.6. The molecule has 1 aliphatic carbocycles. The van der Waals surface area contributed by atoms with Crippen LogP contribution in [0, 0.1) is 0 Å². The normalized spacial score (nSPS) is 12.3. The predicted octanol–water partition coefficient (Wildman–Crippen LogP) is 3.63. The van der Waals surface area contributed by atoms with Crippen LogP contribution in [-0.4, -0.2) is 215 Å². The first-order valence-corrected chi connectivity index (χ1v) is 21.2. The summed E-state index contributed by atoms with van der Waals surface area (Å²) in [4.78, 5) is 16.2. The first-order chi connectivity index (χ1) is 29.6. The summed E-state index contributed by atoms with van der Waals surface area (Å²) in [7, 11) is 5.75. The van der Waals surface area contributed by atoms with Crippen LogP contribution in [0.4, 0.5) is 4.79 Å². The van der Waals surface area contributed by atoms with Gasteiger partial charge in [0.25, 0.3) is 0 Å². The molecule has 0 spiro atoms. The molecule has 16 nitrogen and oxygen atoms in total. The van der Waals surface area contributed by atoms with Gasteiger partial charge in [-0.05, 0) is 36.3 Å². The quantitative estimate of drug-likeness (QED) is 0.0899. The van der Waals surface area contributed by atoms with E-state index in [4.69, 9.17) is 61.6 Å². The van der Waals surface area contributed by atoms with E-state index < -0.39 is 0 Å². The molecule has 3 rings (SSSR count). The molecule has 1 amide bonds. The van der Waals surface area contributed by atoms with Crippen LogP contribution in [0.2, 0.25) is 0 Å². The third-order valence-corrected chi connectivity index (χ3v) is 8.99. The molecule has 16 heteroatoms. The standard InChI is InChI=1S/C44H72N2O14/c1-45(2)12-14-48-16-18-50-20-22-52-24-26-54-28-30-56-32-34-58-36-37-59-35-33-57-31-29-55-27-25-53-23-21-51-19-17-49-15-13-46(3)44(47)60-38-43-41-10-6-4-8-39(41)40-9-5-7-11-42(40)43/h4-11,43H,12-38H2,1-3H3. The summed E-state index contributed by atoms with van der Waals surface area (Å²) in [6.45, 7) is 13.8. The molecule has 1 aliphatic rings. The Morgan fingerprint density at radius 3 is 0.967 bits per heavy atom. The number of benzene rings is 2. The van der Waals surface area contributed by atoms with E-state index >= 15 is 0 Å². The Balaban J connectivity index is 0.941. The summed E-state index contributed by atoms with van der Waals surface area (Å²) in [5.74, 6) is 0.0368. The Kier molecular flexibility index (Phi) is 30.7. The van der Waals surface area contributed by atoms with Crippen molar-refractivity contribution in [3.8, 4) is 11.1 Å². The lowest BCUT2D eigenvalue weighted by atomic mass is 9.98. The fraction of sp³-hybridized carbons (Fsp3) is 0.705. The molecule has 0 fully saturated rings. The minimum Gasteiger partial charge on any atom is -0.448 e. The van der Waals surface area contributed by atoms with Gasteiger partial charge in [0.1, 0.15) is 6.61 Å². The molecule has 0 aromatic heterocycles. The number of amides is 1. The Hall–Kier alpha value is -2.81. The van der Waals surface area contributed by atoms with Crippen LogP contribution in [0.3, 0.4) is 0 Å². The summed E-state index contributed by atoms with van der Waals surface area (Å²) < 4.78 is 71.9. The Morgan fingerprint density at radius 1 is 0.400 bits per heavy atom. The number of carbonyl (C=O) groups excluding carboxylic acids is 1. The average molecular weight is 853 g/mol. The van der Waals surface area contributed by atoms with Gasteiger partial charge < -0.3 is 71.4 Å². The van der Waals surface area contributed by atoms with E-state index in [1.54, 1.807) is 7.05 Å². The summed E-state index contributed by atoms with van der Waals surface area (Å²) in [5.41, 5.74) is 4.79. The Bertz CT molecular complexity index is 1280. The topological polar surface area (TPSA) is 144 Å². The number of fused-ring (bicyclic) bond motifs is 3. The van der Waals surface area contributed by atoms with Gasteiger partial charge in [-0.15, -0.1) is 0 Å². The SMILES string of the molecule is CN(C)CCOCCOCCOCCOCCOCCOCCOCCOCCOCCOCCOCCOCCN(C)C(=O)OCC1c2ccccc2-c2ccccc21. The highest BCUT2D eigenvalue weighted by molar-refractivity contribution is 5.79. The lowest BCUT2D eigenvalue weighted by molar-refractivity contribution is -0.0285. The van der Waals surface area contributed by atoms with Gasteiger partial charge in [-0.2, -0.15) is 0 Å². The monoisotopic (exact) mass is 852 g/mol. The zero-order valence-corrected chi connectivity index (χ0v) is 36.4. The van der Waals surface area contributed by atoms with Crippen LogP contribution in [-0.2, 0) is 61.6 Å². The average Bonchev–Trinajstić information content (AvgIpc) is 3.58. The van der Waals surface area contributed by atoms with Crippen LogP contribution in [0.1, 0.15) is 17.0 Å². The zero-order valence-electron chi connectivity index (χ0n) is 36.4. The molecule has 0 atom stereocenters. The summed E-state index contributed by atoms with van der Waals surface area (Å²) in [6, 6.07) is 16.6. The Labute approximate surface area is 357 Å². The summed E-state index contributed by atoms with van der Waals surface area (Å²) in [6.07, 6.45) is -0.365. The highest BCUT2D eigenvalue weighted by Crippen LogP contribution is 2.44. The van der Waals surface area contributed by atoms with E-state index in [-0.39, 0.29) is 12.0 Å². The van der Waals surface area contributed by atoms with Gasteiger partial charge in [0.15, 0.2) is 0 Å². The minimum atomic E-state index is -0.365. The number of ether oxygens (including phenoxy) is 13. The second-order valence-corrected chi connectivity index (χ2v) is 13.9. The molecule has 0 saturated heterocycles. The van der Waals surface area contributed by atoms with Crippen molar-refractivity contribution in [2.45, 2.75) is 5.92 Å². The summed E-state index contributed by atoms with van der Waals surface area (Å²) >= 11 is 0. The molecular weight excluding hydrogens is 780 g/mol. The van der Waals surface area contributed by atoms with E-state index in [9.17, 15) is 4.79 Å². The molecule has 0 radical (unpaired) electrons. The Morgan fingerprint density at radius 2 is 0.667 bits per heavy atom. The van der Waals surface area contributed by atoms with Crippen molar-refractivity contribution in [2.75, 3.05) is 199 Å². The van der Waals surface area contributed by atoms with Crippen molar-refractivity contribution in [1.82, 2.24) is 9.80 Å². The van der Waals surface area contributed by atoms with Crippen LogP contribution in [0.25, 0.3) is 11.1 Å². The number of carbonyl (C=O) groups is 1. The predicted molar refractivity (Wildman–Crippen MR) is 226 cm³/mol. The fourth-order valence-electron chi connectivity index (χ4n) is 5.77. The molecule has 342 valence electrons. The van der Waals surface area contributed by atoms with Gasteiger partial charge in [0.05, 0.1) is 159 Å². The number of hydrogen-bond donors (Lipinski definition) is 0. The second-order valence-electron chi connectivity index (χ2n) is 13.9. The van der Waals surface area contributed by atoms with Crippen LogP contribution >= 0.6 is 0 Å². The maximum absolute atomic E-state index is 12.6. The van der Waals surface area contributed by atoms with Crippen molar-refractivity contribution in [3.05, 3.63) is 59.7 Å². The molecular formula is C44H72N2O14. The van der Waals surface area contributed by atoms with E-state index in [1.807, 2.05) is 38.4 Å². The van der Waals surface area contributed by atoms with E-state index in [2.05, 4.69) is 29.2 Å². The van der Waals surface area contributed by atoms with Gasteiger partial charge in [-0.1, -0.05) is 48.5 Å². The van der Waals surface area contributed by atoms with Crippen LogP contribution in [0.5, 0.6) is 0 Å². The van der Waals surface area contributed by atoms with E-state index in [0.29, 0.717) is 172 Å². The highest BCUT2D eigenvalue weighted by Gasteiger charge is 2.29. The van der Waals surface area contributed by atoms with Gasteiger partial charge in [-0.3, -0.25) is 0 Å². The third kappa shape index (κ3) is 24.6. The smallest absolute Gasteiger partial charge is 0.409 e. The number of rotatable bonds is 41. The molecule has 0 heterocycles. The van der Waals surface area contributed by atoms with Crippen LogP contribution < -0.4 is 0 Å². The molecule has 2 aromatic rings. The molecule has 0 aliphatic heterocycles. The van der Waals surface area contributed by atoms with Crippen molar-refractivity contribution >= 4 is 6.09 Å². The van der Waals surface area contributed by atoms with Crippen molar-refractivity contribution in [1.29, 1.82) is 0 Å². The van der Waals surface area contributed by atoms with E-state index in [1.165, 1.54) is 27.2 Å². The summed E-state index contributed by atoms with van der Waals surface area (Å²) in [5, 5.41) is 0. The van der Waals surface area contributed by atoms with Crippen LogP contribution in [0.15, 0.2) is 48.5 Å². The lowest BCUT2D eigenvalue weighted by Gasteiger charge is -2.19. The van der Waals surface area contributed by atoms with Gasteiger partial charge in [-0.25, -0.2) is 4.79 Å². The first-order valence-electron chi connectivity index (χ1n) is 21.2. The maximum atomic E-state index is 12.6. The first kappa shape index (κ1) is 51.5. The molecule has 0 N–H and O–H groups in total. The third-order valence-electron chi connectivity index (χ3n) is 8.99. The molecule has 2 aromatic carbocycles. The van der Waals surface area contributed by atoms with Crippen molar-refractivity contribution in [3.63, 3.8) is 0 Å². The highest BCUT2D eigenvalue weighted by atomic mass is 16.6. The van der Waals surface area contributed by atoms with Gasteiger partial charge in [0, 0.05) is 26.1 Å². The number of hydrogen-bond acceptors (Lipinski definition) is 15. The van der Waals surface area contributed by atoms with E-state index in [0.717, 1.165) is 6.54 Å². The molecule has 0 bridgehead atoms. The maximum Gasteiger partial charge on any atom is 0.409 e. The lowest BCUT2D eigenvalue weighted by Crippen LogP contribution is -2.32. The molecule has 0 unspecified atom stereocenters. The largest absolute Gasteiger partial charge is 0.448 e. The molecule has 0 saturated carbocycles. The van der Waals surface area contributed by atoms with Crippen molar-refractivity contribution < 1.29 is 66.4 Å². The molecule has 60 heavy (non-hydrogen) atoms. The number of nitrogens with zero attached hydrogens (tertiary/aromatic N) is 2. The second kappa shape index (κ2) is 35.8. The fourth-order valence-corrected chi connectivity index (χ4v) is 5.77. The van der Waals surface area contributed by atoms with Gasteiger partial charge in [0.2, 0.25) is 0 Å². The van der Waals surface area contributed by atoms with Crippen molar-refractivity contribution in [2.24, 2.45) is 0 Å². The minimum absolute atomic E-state index is 0.0368. The number of likely N-dealkylation sites (N-methyl/N-ethyl adjacent to an activating group) is 2. The van der Waals surface area contributed by atoms with Gasteiger partial charge >= 0.3 is 6.09 Å².